The van der Waals surface area contributed by atoms with Gasteiger partial charge in [-0.1, -0.05) is 0 Å². The summed E-state index contributed by atoms with van der Waals surface area (Å²) in [5.74, 6) is -8.38. The predicted octanol–water partition coefficient (Wildman–Crippen LogP) is 3.36. The molecule has 2 rings (SSSR count). The fraction of sp³-hybridized carbons (Fsp3) is 0.0833. The Labute approximate surface area is 124 Å². The van der Waals surface area contributed by atoms with E-state index in [2.05, 4.69) is 25.9 Å². The number of halogens is 5. The Morgan fingerprint density at radius 1 is 1.05 bits per heavy atom. The van der Waals surface area contributed by atoms with Crippen LogP contribution in [0.2, 0.25) is 0 Å². The molecule has 1 heterocycles. The maximum Gasteiger partial charge on any atom is 0.262 e. The first-order valence-corrected chi connectivity index (χ1v) is 6.23. The van der Waals surface area contributed by atoms with Crippen LogP contribution >= 0.6 is 15.9 Å². The fourth-order valence-electron chi connectivity index (χ4n) is 1.51. The highest BCUT2D eigenvalue weighted by molar-refractivity contribution is 9.10. The maximum absolute atomic E-state index is 13.8. The monoisotopic (exact) mass is 363 g/mol. The topological polar surface area (TPSA) is 54.9 Å². The average Bonchev–Trinajstić information content (AvgIpc) is 2.46. The number of carbonyl (C=O) groups is 1. The molecule has 1 aromatic carbocycles. The van der Waals surface area contributed by atoms with E-state index in [-0.39, 0.29) is 5.82 Å². The molecule has 1 amide bonds. The lowest BCUT2D eigenvalue weighted by molar-refractivity contribution is 0.101. The lowest BCUT2D eigenvalue weighted by atomic mass is 10.1. The summed E-state index contributed by atoms with van der Waals surface area (Å²) >= 11 is 3.01. The van der Waals surface area contributed by atoms with Crippen LogP contribution in [0.15, 0.2) is 17.0 Å². The van der Waals surface area contributed by atoms with E-state index in [4.69, 9.17) is 0 Å². The second-order valence-corrected chi connectivity index (χ2v) is 4.75. The summed E-state index contributed by atoms with van der Waals surface area (Å²) in [4.78, 5) is 19.2. The first kappa shape index (κ1) is 15.4. The zero-order valence-electron chi connectivity index (χ0n) is 10.3. The van der Waals surface area contributed by atoms with E-state index in [0.717, 1.165) is 13.1 Å². The SMILES string of the molecule is Cc1c(F)c(F)c(F)c(C(=O)Nc2cnc(Br)cn2)c1F. The Hall–Kier alpha value is -2.03. The highest BCUT2D eigenvalue weighted by Gasteiger charge is 2.27. The minimum absolute atomic E-state index is 0.107. The predicted molar refractivity (Wildman–Crippen MR) is 68.7 cm³/mol. The molecule has 1 aromatic heterocycles. The molecule has 0 aliphatic carbocycles. The molecule has 0 fully saturated rings. The van der Waals surface area contributed by atoms with Gasteiger partial charge in [0.1, 0.15) is 16.0 Å². The quantitative estimate of drug-likeness (QED) is 0.505. The van der Waals surface area contributed by atoms with Gasteiger partial charge in [0.15, 0.2) is 23.3 Å². The zero-order valence-corrected chi connectivity index (χ0v) is 11.9. The van der Waals surface area contributed by atoms with Crippen molar-refractivity contribution in [3.05, 3.63) is 51.4 Å². The molecule has 0 radical (unpaired) electrons. The smallest absolute Gasteiger partial charge is 0.262 e. The molecular weight excluding hydrogens is 358 g/mol. The summed E-state index contributed by atoms with van der Waals surface area (Å²) in [7, 11) is 0. The van der Waals surface area contributed by atoms with Crippen LogP contribution in [0.3, 0.4) is 0 Å². The number of amides is 1. The van der Waals surface area contributed by atoms with Crippen LogP contribution < -0.4 is 5.32 Å². The number of hydrogen-bond donors (Lipinski definition) is 1. The Bertz CT molecular complexity index is 692. The third-order valence-electron chi connectivity index (χ3n) is 2.57. The van der Waals surface area contributed by atoms with Crippen LogP contribution in [0, 0.1) is 30.2 Å². The van der Waals surface area contributed by atoms with Crippen LogP contribution in [-0.4, -0.2) is 15.9 Å². The number of nitrogens with zero attached hydrogens (tertiary/aromatic N) is 2. The average molecular weight is 364 g/mol. The zero-order chi connectivity index (χ0) is 15.7. The maximum atomic E-state index is 13.8. The van der Waals surface area contributed by atoms with E-state index in [1.807, 2.05) is 5.32 Å². The molecule has 0 aliphatic heterocycles. The molecular formula is C12H6BrF4N3O. The number of benzene rings is 1. The Morgan fingerprint density at radius 2 is 1.71 bits per heavy atom. The standard InChI is InChI=1S/C12H6BrF4N3O/c1-4-8(14)7(10(16)11(17)9(4)15)12(21)20-6-3-18-5(13)2-19-6/h2-3H,1H3,(H,19,20,21). The summed E-state index contributed by atoms with van der Waals surface area (Å²) in [6.07, 6.45) is 2.35. The number of nitrogens with one attached hydrogen (secondary N) is 1. The van der Waals surface area contributed by atoms with Gasteiger partial charge in [0, 0.05) is 5.56 Å². The molecule has 4 nitrogen and oxygen atoms in total. The first-order valence-electron chi connectivity index (χ1n) is 5.44. The van der Waals surface area contributed by atoms with Gasteiger partial charge >= 0.3 is 0 Å². The van der Waals surface area contributed by atoms with Gasteiger partial charge in [-0.15, -0.1) is 0 Å². The fourth-order valence-corrected chi connectivity index (χ4v) is 1.71. The van der Waals surface area contributed by atoms with Crippen molar-refractivity contribution < 1.29 is 22.4 Å². The molecule has 0 spiro atoms. The summed E-state index contributed by atoms with van der Waals surface area (Å²) < 4.78 is 54.1. The van der Waals surface area contributed by atoms with Crippen LogP contribution in [0.1, 0.15) is 15.9 Å². The molecule has 0 atom stereocenters. The summed E-state index contributed by atoms with van der Waals surface area (Å²) in [6, 6.07) is 0. The van der Waals surface area contributed by atoms with Crippen LogP contribution in [0.25, 0.3) is 0 Å². The van der Waals surface area contributed by atoms with Gasteiger partial charge < -0.3 is 5.32 Å². The first-order chi connectivity index (χ1) is 9.82. The second-order valence-electron chi connectivity index (χ2n) is 3.93. The lowest BCUT2D eigenvalue weighted by Crippen LogP contribution is -2.19. The molecule has 0 bridgehead atoms. The number of anilines is 1. The molecule has 0 saturated heterocycles. The molecule has 1 N–H and O–H groups in total. The second kappa shape index (κ2) is 5.76. The molecule has 2 aromatic rings. The van der Waals surface area contributed by atoms with Crippen molar-refractivity contribution >= 4 is 27.7 Å². The van der Waals surface area contributed by atoms with Gasteiger partial charge in [-0.05, 0) is 22.9 Å². The number of aromatic nitrogens is 2. The summed E-state index contributed by atoms with van der Waals surface area (Å²) in [5.41, 5.74) is -2.02. The number of hydrogen-bond acceptors (Lipinski definition) is 3. The highest BCUT2D eigenvalue weighted by atomic mass is 79.9. The van der Waals surface area contributed by atoms with Crippen molar-refractivity contribution in [1.29, 1.82) is 0 Å². The number of carbonyl (C=O) groups excluding carboxylic acids is 1. The van der Waals surface area contributed by atoms with Crippen molar-refractivity contribution in [3.63, 3.8) is 0 Å². The Morgan fingerprint density at radius 3 is 2.29 bits per heavy atom. The molecule has 110 valence electrons. The molecule has 0 saturated carbocycles. The summed E-state index contributed by atoms with van der Waals surface area (Å²) in [5, 5.41) is 2.04. The molecule has 9 heteroatoms. The summed E-state index contributed by atoms with van der Waals surface area (Å²) in [6.45, 7) is 0.892. The largest absolute Gasteiger partial charge is 0.305 e. The van der Waals surface area contributed by atoms with Gasteiger partial charge in [-0.2, -0.15) is 0 Å². The molecule has 21 heavy (non-hydrogen) atoms. The van der Waals surface area contributed by atoms with Crippen molar-refractivity contribution in [1.82, 2.24) is 9.97 Å². The van der Waals surface area contributed by atoms with E-state index < -0.39 is 40.3 Å². The van der Waals surface area contributed by atoms with Crippen molar-refractivity contribution in [2.45, 2.75) is 6.92 Å². The van der Waals surface area contributed by atoms with Gasteiger partial charge in [0.25, 0.3) is 5.91 Å². The van der Waals surface area contributed by atoms with Crippen molar-refractivity contribution in [2.75, 3.05) is 5.32 Å². The van der Waals surface area contributed by atoms with Crippen molar-refractivity contribution in [2.24, 2.45) is 0 Å². The minimum Gasteiger partial charge on any atom is -0.305 e. The Kier molecular flexibility index (Phi) is 4.21. The van der Waals surface area contributed by atoms with E-state index >= 15 is 0 Å². The van der Waals surface area contributed by atoms with E-state index in [1.54, 1.807) is 0 Å². The van der Waals surface area contributed by atoms with Crippen molar-refractivity contribution in [3.8, 4) is 0 Å². The van der Waals surface area contributed by atoms with Gasteiger partial charge in [-0.25, -0.2) is 27.5 Å². The number of rotatable bonds is 2. The van der Waals surface area contributed by atoms with Gasteiger partial charge in [-0.3, -0.25) is 4.79 Å². The normalized spacial score (nSPS) is 10.6. The van der Waals surface area contributed by atoms with Gasteiger partial charge in [0.2, 0.25) is 0 Å². The van der Waals surface area contributed by atoms with Crippen LogP contribution in [0.5, 0.6) is 0 Å². The van der Waals surface area contributed by atoms with Crippen LogP contribution in [0.4, 0.5) is 23.4 Å². The van der Waals surface area contributed by atoms with Gasteiger partial charge in [0.05, 0.1) is 12.4 Å². The molecule has 0 unspecified atom stereocenters. The minimum atomic E-state index is -1.92. The molecule has 0 aliphatic rings. The van der Waals surface area contributed by atoms with E-state index in [0.29, 0.717) is 4.60 Å². The highest BCUT2D eigenvalue weighted by Crippen LogP contribution is 2.24. The van der Waals surface area contributed by atoms with E-state index in [1.165, 1.54) is 6.20 Å². The lowest BCUT2D eigenvalue weighted by Gasteiger charge is -2.09. The third-order valence-corrected chi connectivity index (χ3v) is 2.98. The van der Waals surface area contributed by atoms with E-state index in [9.17, 15) is 22.4 Å². The third kappa shape index (κ3) is 2.87. The van der Waals surface area contributed by atoms with Crippen LogP contribution in [-0.2, 0) is 0 Å². The Balaban J connectivity index is 2.42.